The maximum atomic E-state index is 10.0. The SMILES string of the molecule is CC(C)[C@H](N)C(=O)O.CC[N+](CC)(CC)CC. The largest absolute Gasteiger partial charge is 0.480 e. The summed E-state index contributed by atoms with van der Waals surface area (Å²) in [7, 11) is 0. The summed E-state index contributed by atoms with van der Waals surface area (Å²) in [5, 5.41) is 8.23. The van der Waals surface area contributed by atoms with Gasteiger partial charge in [0.1, 0.15) is 6.04 Å². The minimum Gasteiger partial charge on any atom is -0.480 e. The Bertz CT molecular complexity index is 184. The van der Waals surface area contributed by atoms with Crippen LogP contribution in [0, 0.1) is 5.92 Å². The minimum atomic E-state index is -0.931. The lowest BCUT2D eigenvalue weighted by Crippen LogP contribution is -2.47. The Morgan fingerprint density at radius 2 is 1.35 bits per heavy atom. The van der Waals surface area contributed by atoms with E-state index in [4.69, 9.17) is 10.8 Å². The fourth-order valence-corrected chi connectivity index (χ4v) is 1.63. The lowest BCUT2D eigenvalue weighted by molar-refractivity contribution is -0.921. The Hall–Kier alpha value is -0.610. The van der Waals surface area contributed by atoms with Gasteiger partial charge in [-0.15, -0.1) is 0 Å². The summed E-state index contributed by atoms with van der Waals surface area (Å²) < 4.78 is 1.28. The second kappa shape index (κ2) is 9.42. The molecule has 0 spiro atoms. The molecule has 0 unspecified atom stereocenters. The van der Waals surface area contributed by atoms with Gasteiger partial charge in [-0.1, -0.05) is 13.8 Å². The van der Waals surface area contributed by atoms with Crippen LogP contribution in [0.2, 0.25) is 0 Å². The second-order valence-electron chi connectivity index (χ2n) is 4.71. The molecule has 4 heteroatoms. The van der Waals surface area contributed by atoms with Gasteiger partial charge in [-0.2, -0.15) is 0 Å². The minimum absolute atomic E-state index is 0.0208. The van der Waals surface area contributed by atoms with Crippen molar-refractivity contribution in [1.29, 1.82) is 0 Å². The van der Waals surface area contributed by atoms with Gasteiger partial charge in [0, 0.05) is 0 Å². The van der Waals surface area contributed by atoms with Crippen molar-refractivity contribution in [2.24, 2.45) is 11.7 Å². The smallest absolute Gasteiger partial charge is 0.320 e. The molecular weight excluding hydrogens is 216 g/mol. The van der Waals surface area contributed by atoms with E-state index in [1.54, 1.807) is 13.8 Å². The molecule has 0 aliphatic heterocycles. The average molecular weight is 247 g/mol. The van der Waals surface area contributed by atoms with Crippen LogP contribution >= 0.6 is 0 Å². The summed E-state index contributed by atoms with van der Waals surface area (Å²) >= 11 is 0. The van der Waals surface area contributed by atoms with Gasteiger partial charge >= 0.3 is 5.97 Å². The molecular formula is C13H31N2O2+. The molecule has 4 nitrogen and oxygen atoms in total. The van der Waals surface area contributed by atoms with Gasteiger partial charge in [0.2, 0.25) is 0 Å². The van der Waals surface area contributed by atoms with Gasteiger partial charge in [0.25, 0.3) is 0 Å². The first-order valence-electron chi connectivity index (χ1n) is 6.63. The van der Waals surface area contributed by atoms with Crippen LogP contribution < -0.4 is 5.73 Å². The molecule has 104 valence electrons. The van der Waals surface area contributed by atoms with Gasteiger partial charge in [-0.05, 0) is 33.6 Å². The van der Waals surface area contributed by atoms with Gasteiger partial charge in [0.15, 0.2) is 0 Å². The molecule has 0 saturated heterocycles. The third-order valence-electron chi connectivity index (χ3n) is 3.69. The van der Waals surface area contributed by atoms with E-state index in [1.807, 2.05) is 0 Å². The molecule has 0 aromatic rings. The zero-order chi connectivity index (χ0) is 14.1. The van der Waals surface area contributed by atoms with E-state index in [0.717, 1.165) is 0 Å². The third kappa shape index (κ3) is 7.34. The molecule has 0 fully saturated rings. The monoisotopic (exact) mass is 247 g/mol. The normalized spacial score (nSPS) is 12.9. The van der Waals surface area contributed by atoms with Crippen molar-refractivity contribution in [3.8, 4) is 0 Å². The lowest BCUT2D eigenvalue weighted by Gasteiger charge is -2.34. The molecule has 3 N–H and O–H groups in total. The van der Waals surface area contributed by atoms with E-state index in [9.17, 15) is 4.79 Å². The summed E-state index contributed by atoms with van der Waals surface area (Å²) in [5.74, 6) is -0.910. The highest BCUT2D eigenvalue weighted by molar-refractivity contribution is 5.73. The first kappa shape index (κ1) is 18.7. The molecule has 17 heavy (non-hydrogen) atoms. The number of quaternary nitrogens is 1. The molecule has 0 bridgehead atoms. The molecule has 0 aromatic carbocycles. The number of nitrogens with zero attached hydrogens (tertiary/aromatic N) is 1. The zero-order valence-electron chi connectivity index (χ0n) is 12.4. The number of hydrogen-bond donors (Lipinski definition) is 2. The highest BCUT2D eigenvalue weighted by Crippen LogP contribution is 2.03. The number of carbonyl (C=O) groups is 1. The second-order valence-corrected chi connectivity index (χ2v) is 4.71. The first-order valence-corrected chi connectivity index (χ1v) is 6.63. The van der Waals surface area contributed by atoms with Gasteiger partial charge in [-0.25, -0.2) is 0 Å². The molecule has 1 atom stereocenters. The van der Waals surface area contributed by atoms with Crippen molar-refractivity contribution in [3.05, 3.63) is 0 Å². The topological polar surface area (TPSA) is 63.3 Å². The van der Waals surface area contributed by atoms with E-state index >= 15 is 0 Å². The van der Waals surface area contributed by atoms with Crippen LogP contribution in [0.25, 0.3) is 0 Å². The number of rotatable bonds is 6. The number of nitrogens with two attached hydrogens (primary N) is 1. The molecule has 0 amide bonds. The Labute approximate surface area is 106 Å². The molecule has 0 aromatic heterocycles. The van der Waals surface area contributed by atoms with Crippen molar-refractivity contribution in [2.75, 3.05) is 26.2 Å². The predicted octanol–water partition coefficient (Wildman–Crippen LogP) is 1.94. The Kier molecular flexibility index (Phi) is 10.4. The average Bonchev–Trinajstić information content (AvgIpc) is 2.32. The van der Waals surface area contributed by atoms with E-state index in [0.29, 0.717) is 0 Å². The number of carboxylic acid groups (broad SMARTS) is 1. The van der Waals surface area contributed by atoms with Crippen LogP contribution in [-0.2, 0) is 4.79 Å². The molecule has 0 aliphatic carbocycles. The lowest BCUT2D eigenvalue weighted by atomic mass is 10.1. The summed E-state index contributed by atoms with van der Waals surface area (Å²) in [6, 6.07) is -0.713. The van der Waals surface area contributed by atoms with Crippen LogP contribution in [0.1, 0.15) is 41.5 Å². The molecule has 0 rings (SSSR count). The Morgan fingerprint density at radius 3 is 1.35 bits per heavy atom. The van der Waals surface area contributed by atoms with Crippen LogP contribution in [0.3, 0.4) is 0 Å². The zero-order valence-corrected chi connectivity index (χ0v) is 12.4. The number of aliphatic carboxylic acids is 1. The van der Waals surface area contributed by atoms with Crippen LogP contribution in [-0.4, -0.2) is 47.8 Å². The maximum Gasteiger partial charge on any atom is 0.320 e. The van der Waals surface area contributed by atoms with Gasteiger partial charge < -0.3 is 15.3 Å². The highest BCUT2D eigenvalue weighted by atomic mass is 16.4. The van der Waals surface area contributed by atoms with Crippen molar-refractivity contribution in [3.63, 3.8) is 0 Å². The molecule has 0 saturated carbocycles. The highest BCUT2D eigenvalue weighted by Gasteiger charge is 2.16. The van der Waals surface area contributed by atoms with Crippen LogP contribution in [0.15, 0.2) is 0 Å². The third-order valence-corrected chi connectivity index (χ3v) is 3.69. The molecule has 0 aliphatic rings. The molecule has 0 heterocycles. The first-order chi connectivity index (χ1) is 7.80. The fraction of sp³-hybridized carbons (Fsp3) is 0.923. The van der Waals surface area contributed by atoms with E-state index in [2.05, 4.69) is 27.7 Å². The van der Waals surface area contributed by atoms with Crippen molar-refractivity contribution in [1.82, 2.24) is 0 Å². The summed E-state index contributed by atoms with van der Waals surface area (Å²) in [4.78, 5) is 10.0. The van der Waals surface area contributed by atoms with E-state index in [1.165, 1.54) is 30.7 Å². The van der Waals surface area contributed by atoms with E-state index in [-0.39, 0.29) is 5.92 Å². The summed E-state index contributed by atoms with van der Waals surface area (Å²) in [6.07, 6.45) is 0. The Morgan fingerprint density at radius 1 is 1.06 bits per heavy atom. The summed E-state index contributed by atoms with van der Waals surface area (Å²) in [5.41, 5.74) is 5.16. The van der Waals surface area contributed by atoms with Gasteiger partial charge in [0.05, 0.1) is 26.2 Å². The summed E-state index contributed by atoms with van der Waals surface area (Å²) in [6.45, 7) is 17.8. The predicted molar refractivity (Wildman–Crippen MR) is 72.9 cm³/mol. The van der Waals surface area contributed by atoms with Crippen molar-refractivity contribution in [2.45, 2.75) is 47.6 Å². The Balaban J connectivity index is 0. The fourth-order valence-electron chi connectivity index (χ4n) is 1.63. The van der Waals surface area contributed by atoms with Crippen LogP contribution in [0.4, 0.5) is 0 Å². The van der Waals surface area contributed by atoms with Gasteiger partial charge in [-0.3, -0.25) is 4.79 Å². The standard InChI is InChI=1S/C8H20N.C5H11NO2/c1-5-9(6-2,7-3)8-4;1-3(2)4(6)5(7)8/h5-8H2,1-4H3;3-4H,6H2,1-2H3,(H,7,8)/q+1;/t;4-/m.0/s1. The van der Waals surface area contributed by atoms with Crippen molar-refractivity contribution >= 4 is 5.97 Å². The van der Waals surface area contributed by atoms with Crippen molar-refractivity contribution < 1.29 is 14.4 Å². The number of hydrogen-bond acceptors (Lipinski definition) is 2. The maximum absolute atomic E-state index is 10.0. The van der Waals surface area contributed by atoms with E-state index < -0.39 is 12.0 Å². The number of carboxylic acids is 1. The van der Waals surface area contributed by atoms with Crippen LogP contribution in [0.5, 0.6) is 0 Å². The quantitative estimate of drug-likeness (QED) is 0.705. The molecule has 0 radical (unpaired) electrons.